The molecule has 15 heavy (non-hydrogen) atoms. The molecule has 0 atom stereocenters. The minimum atomic E-state index is -2.62. The van der Waals surface area contributed by atoms with Gasteiger partial charge in [0.25, 0.3) is 0 Å². The Bertz CT molecular complexity index is 269. The molecule has 4 nitrogen and oxygen atoms in total. The van der Waals surface area contributed by atoms with Gasteiger partial charge in [-0.2, -0.15) is 0 Å². The zero-order valence-electron chi connectivity index (χ0n) is 9.10. The first-order chi connectivity index (χ1) is 7.26. The smallest absolute Gasteiger partial charge is 0.376 e. The molecule has 0 saturated heterocycles. The van der Waals surface area contributed by atoms with Gasteiger partial charge in [-0.1, -0.05) is 30.3 Å². The van der Waals surface area contributed by atoms with Gasteiger partial charge in [0.15, 0.2) is 0 Å². The number of benzene rings is 1. The van der Waals surface area contributed by atoms with Gasteiger partial charge in [-0.05, 0) is 5.56 Å². The highest BCUT2D eigenvalue weighted by Gasteiger charge is 2.37. The van der Waals surface area contributed by atoms with Crippen LogP contribution < -0.4 is 5.73 Å². The lowest BCUT2D eigenvalue weighted by Crippen LogP contribution is -2.51. The number of hydrogen-bond donors (Lipinski definition) is 1. The van der Waals surface area contributed by atoms with Crippen LogP contribution in [-0.2, 0) is 19.9 Å². The van der Waals surface area contributed by atoms with Gasteiger partial charge in [-0.3, -0.25) is 0 Å². The first-order valence-electron chi connectivity index (χ1n) is 4.74. The summed E-state index contributed by atoms with van der Waals surface area (Å²) in [5, 5.41) is 0. The number of rotatable bonds is 6. The predicted octanol–water partition coefficient (Wildman–Crippen LogP) is 0.933. The Labute approximate surface area is 91.3 Å². The Morgan fingerprint density at radius 2 is 1.73 bits per heavy atom. The van der Waals surface area contributed by atoms with E-state index in [0.717, 1.165) is 5.56 Å². The maximum atomic E-state index is 5.63. The summed E-state index contributed by atoms with van der Waals surface area (Å²) in [6.07, 6.45) is 0.285. The van der Waals surface area contributed by atoms with Crippen LogP contribution in [0.1, 0.15) is 5.56 Å². The molecule has 0 aliphatic heterocycles. The summed E-state index contributed by atoms with van der Waals surface area (Å²) < 4.78 is 16.1. The minimum Gasteiger partial charge on any atom is -0.376 e. The van der Waals surface area contributed by atoms with Crippen LogP contribution in [0, 0.1) is 0 Å². The van der Waals surface area contributed by atoms with Crippen molar-refractivity contribution in [2.75, 3.05) is 20.4 Å². The lowest BCUT2D eigenvalue weighted by molar-refractivity contribution is 0.0929. The summed E-state index contributed by atoms with van der Waals surface area (Å²) in [5.41, 5.74) is 6.66. The van der Waals surface area contributed by atoms with Crippen LogP contribution in [0.2, 0.25) is 0 Å². The van der Waals surface area contributed by atoms with Crippen LogP contribution in [0.25, 0.3) is 0 Å². The van der Waals surface area contributed by atoms with Gasteiger partial charge >= 0.3 is 8.80 Å². The van der Waals surface area contributed by atoms with E-state index in [1.807, 2.05) is 30.3 Å². The van der Waals surface area contributed by atoms with Crippen molar-refractivity contribution in [3.63, 3.8) is 0 Å². The molecule has 0 aliphatic rings. The lowest BCUT2D eigenvalue weighted by Gasteiger charge is -2.24. The van der Waals surface area contributed by atoms with Crippen LogP contribution in [0.5, 0.6) is 0 Å². The molecular weight excluding hydrogens is 210 g/mol. The van der Waals surface area contributed by atoms with Gasteiger partial charge < -0.3 is 19.0 Å². The summed E-state index contributed by atoms with van der Waals surface area (Å²) in [7, 11) is 0.504. The molecule has 0 saturated carbocycles. The molecule has 1 aromatic rings. The van der Waals surface area contributed by atoms with E-state index in [0.29, 0.717) is 6.61 Å². The number of hydrogen-bond acceptors (Lipinski definition) is 4. The summed E-state index contributed by atoms with van der Waals surface area (Å²) in [6, 6.07) is 9.86. The van der Waals surface area contributed by atoms with Crippen LogP contribution in [-0.4, -0.2) is 29.2 Å². The molecule has 0 aromatic heterocycles. The largest absolute Gasteiger partial charge is 0.515 e. The van der Waals surface area contributed by atoms with Gasteiger partial charge in [0, 0.05) is 14.2 Å². The second kappa shape index (κ2) is 5.99. The molecule has 5 heteroatoms. The Hall–Kier alpha value is -0.723. The van der Waals surface area contributed by atoms with Crippen LogP contribution in [0.15, 0.2) is 30.3 Å². The topological polar surface area (TPSA) is 53.7 Å². The molecule has 0 fully saturated rings. The SMILES string of the molecule is CO[Si](CN)(OC)OCc1ccccc1. The maximum absolute atomic E-state index is 5.63. The average Bonchev–Trinajstić information content (AvgIpc) is 2.33. The average molecular weight is 227 g/mol. The zero-order chi connectivity index (χ0) is 11.1. The Kier molecular flexibility index (Phi) is 4.93. The third-order valence-electron chi connectivity index (χ3n) is 2.17. The van der Waals surface area contributed by atoms with Gasteiger partial charge in [-0.15, -0.1) is 0 Å². The van der Waals surface area contributed by atoms with Crippen LogP contribution >= 0.6 is 0 Å². The molecular formula is C10H17NO3Si. The summed E-state index contributed by atoms with van der Waals surface area (Å²) >= 11 is 0. The fraction of sp³-hybridized carbons (Fsp3) is 0.400. The zero-order valence-corrected chi connectivity index (χ0v) is 10.1. The van der Waals surface area contributed by atoms with E-state index in [-0.39, 0.29) is 6.17 Å². The standard InChI is InChI=1S/C10H17NO3Si/c1-12-15(9-11,13-2)14-8-10-6-4-3-5-7-10/h3-7H,8-9,11H2,1-2H3. The van der Waals surface area contributed by atoms with Gasteiger partial charge in [0.1, 0.15) is 0 Å². The van der Waals surface area contributed by atoms with Crippen molar-refractivity contribution in [2.24, 2.45) is 5.73 Å². The van der Waals surface area contributed by atoms with Crippen molar-refractivity contribution in [1.82, 2.24) is 0 Å². The second-order valence-electron chi connectivity index (χ2n) is 3.07. The Balaban J connectivity index is 2.54. The first kappa shape index (κ1) is 12.3. The van der Waals surface area contributed by atoms with Crippen molar-refractivity contribution < 1.29 is 13.3 Å². The minimum absolute atomic E-state index is 0.285. The molecule has 0 radical (unpaired) electrons. The molecule has 2 N–H and O–H groups in total. The van der Waals surface area contributed by atoms with Gasteiger partial charge in [0.05, 0.1) is 12.8 Å². The quantitative estimate of drug-likeness (QED) is 0.735. The Morgan fingerprint density at radius 1 is 1.13 bits per heavy atom. The van der Waals surface area contributed by atoms with Crippen molar-refractivity contribution in [3.05, 3.63) is 35.9 Å². The van der Waals surface area contributed by atoms with E-state index < -0.39 is 8.80 Å². The summed E-state index contributed by atoms with van der Waals surface area (Å²) in [5.74, 6) is 0. The van der Waals surface area contributed by atoms with Gasteiger partial charge in [0.2, 0.25) is 0 Å². The van der Waals surface area contributed by atoms with E-state index in [1.54, 1.807) is 14.2 Å². The second-order valence-corrected chi connectivity index (χ2v) is 5.95. The van der Waals surface area contributed by atoms with Crippen molar-refractivity contribution in [3.8, 4) is 0 Å². The van der Waals surface area contributed by atoms with E-state index in [9.17, 15) is 0 Å². The highest BCUT2D eigenvalue weighted by atomic mass is 28.4. The monoisotopic (exact) mass is 227 g/mol. The highest BCUT2D eigenvalue weighted by molar-refractivity contribution is 6.60. The third kappa shape index (κ3) is 3.40. The predicted molar refractivity (Wildman–Crippen MR) is 60.1 cm³/mol. The van der Waals surface area contributed by atoms with Crippen molar-refractivity contribution in [1.29, 1.82) is 0 Å². The van der Waals surface area contributed by atoms with Gasteiger partial charge in [-0.25, -0.2) is 0 Å². The summed E-state index contributed by atoms with van der Waals surface area (Å²) in [6.45, 7) is 0.464. The molecule has 0 amide bonds. The summed E-state index contributed by atoms with van der Waals surface area (Å²) in [4.78, 5) is 0. The molecule has 0 aliphatic carbocycles. The first-order valence-corrected chi connectivity index (χ1v) is 6.68. The van der Waals surface area contributed by atoms with E-state index >= 15 is 0 Å². The fourth-order valence-corrected chi connectivity index (χ4v) is 2.43. The normalized spacial score (nSPS) is 11.7. The van der Waals surface area contributed by atoms with Crippen molar-refractivity contribution >= 4 is 8.80 Å². The molecule has 1 rings (SSSR count). The Morgan fingerprint density at radius 3 is 2.20 bits per heavy atom. The molecule has 84 valence electrons. The van der Waals surface area contributed by atoms with Crippen molar-refractivity contribution in [2.45, 2.75) is 6.61 Å². The van der Waals surface area contributed by atoms with Crippen LogP contribution in [0.3, 0.4) is 0 Å². The third-order valence-corrected chi connectivity index (χ3v) is 4.50. The van der Waals surface area contributed by atoms with E-state index in [1.165, 1.54) is 0 Å². The highest BCUT2D eigenvalue weighted by Crippen LogP contribution is 2.09. The lowest BCUT2D eigenvalue weighted by atomic mass is 10.2. The van der Waals surface area contributed by atoms with E-state index in [4.69, 9.17) is 19.0 Å². The molecule has 0 bridgehead atoms. The molecule has 0 spiro atoms. The van der Waals surface area contributed by atoms with Crippen LogP contribution in [0.4, 0.5) is 0 Å². The molecule has 0 unspecified atom stereocenters. The number of nitrogens with two attached hydrogens (primary N) is 1. The molecule has 1 aromatic carbocycles. The fourth-order valence-electron chi connectivity index (χ4n) is 1.19. The maximum Gasteiger partial charge on any atom is 0.515 e. The molecule has 0 heterocycles. The van der Waals surface area contributed by atoms with E-state index in [2.05, 4.69) is 0 Å².